The van der Waals surface area contributed by atoms with E-state index in [1.54, 1.807) is 18.3 Å². The first-order valence-corrected chi connectivity index (χ1v) is 11.9. The maximum Gasteiger partial charge on any atom is 0.433 e. The van der Waals surface area contributed by atoms with E-state index in [9.17, 15) is 18.0 Å². The second-order valence-corrected chi connectivity index (χ2v) is 9.15. The average molecular weight is 534 g/mol. The van der Waals surface area contributed by atoms with Crippen molar-refractivity contribution in [2.75, 3.05) is 0 Å². The highest BCUT2D eigenvalue weighted by Crippen LogP contribution is 2.35. The Morgan fingerprint density at radius 1 is 0.974 bits per heavy atom. The lowest BCUT2D eigenvalue weighted by molar-refractivity contribution is -0.141. The van der Waals surface area contributed by atoms with Crippen LogP contribution in [0.15, 0.2) is 77.7 Å². The summed E-state index contributed by atoms with van der Waals surface area (Å²) in [5.41, 5.74) is 3.56. The van der Waals surface area contributed by atoms with Crippen LogP contribution in [0.2, 0.25) is 5.02 Å². The monoisotopic (exact) mass is 533 g/mol. The molecule has 0 unspecified atom stereocenters. The summed E-state index contributed by atoms with van der Waals surface area (Å²) in [4.78, 5) is 17.0. The van der Waals surface area contributed by atoms with E-state index in [0.29, 0.717) is 21.8 Å². The van der Waals surface area contributed by atoms with E-state index in [4.69, 9.17) is 16.9 Å². The van der Waals surface area contributed by atoms with Crippen LogP contribution in [0, 0.1) is 18.3 Å². The minimum absolute atomic E-state index is 0.0473. The summed E-state index contributed by atoms with van der Waals surface area (Å²) in [5, 5.41) is 14.2. The van der Waals surface area contributed by atoms with Crippen LogP contribution in [0.1, 0.15) is 22.5 Å². The van der Waals surface area contributed by atoms with E-state index in [0.717, 1.165) is 28.3 Å². The van der Waals surface area contributed by atoms with Crippen LogP contribution in [0.5, 0.6) is 0 Å². The fourth-order valence-electron chi connectivity index (χ4n) is 4.29. The van der Waals surface area contributed by atoms with Crippen molar-refractivity contribution < 1.29 is 13.2 Å². The van der Waals surface area contributed by atoms with Gasteiger partial charge in [0.15, 0.2) is 5.65 Å². The van der Waals surface area contributed by atoms with E-state index in [2.05, 4.69) is 16.2 Å². The highest BCUT2D eigenvalue weighted by Gasteiger charge is 2.32. The van der Waals surface area contributed by atoms with Gasteiger partial charge in [-0.3, -0.25) is 0 Å². The summed E-state index contributed by atoms with van der Waals surface area (Å²) < 4.78 is 41.8. The minimum Gasteiger partial charge on any atom is -0.250 e. The first-order valence-electron chi connectivity index (χ1n) is 11.5. The Hall–Kier alpha value is -4.42. The predicted molar refractivity (Wildman–Crippen MR) is 138 cm³/mol. The van der Waals surface area contributed by atoms with Crippen molar-refractivity contribution in [3.8, 4) is 28.3 Å². The number of aromatic nitrogens is 4. The van der Waals surface area contributed by atoms with Crippen LogP contribution in [0.25, 0.3) is 27.9 Å². The van der Waals surface area contributed by atoms with Crippen LogP contribution >= 0.6 is 11.6 Å². The number of nitriles is 1. The number of aryl methyl sites for hydroxylation is 1. The molecule has 0 bridgehead atoms. The zero-order valence-electron chi connectivity index (χ0n) is 20.0. The molecular formula is C28H19ClF3N5O. The van der Waals surface area contributed by atoms with Crippen molar-refractivity contribution in [1.29, 1.82) is 5.26 Å². The third kappa shape index (κ3) is 4.78. The number of hydrogen-bond donors (Lipinski definition) is 0. The van der Waals surface area contributed by atoms with Crippen LogP contribution in [-0.2, 0) is 19.1 Å². The molecule has 0 N–H and O–H groups in total. The number of hydrogen-bond acceptors (Lipinski definition) is 4. The number of alkyl halides is 3. The molecule has 0 atom stereocenters. The maximum absolute atomic E-state index is 13.3. The molecule has 3 aromatic heterocycles. The van der Waals surface area contributed by atoms with Gasteiger partial charge < -0.3 is 0 Å². The number of rotatable bonds is 5. The first-order chi connectivity index (χ1) is 18.2. The topological polar surface area (TPSA) is 76.0 Å². The summed E-state index contributed by atoms with van der Waals surface area (Å²) in [7, 11) is 0. The van der Waals surface area contributed by atoms with E-state index in [-0.39, 0.29) is 18.7 Å². The Morgan fingerprint density at radius 3 is 2.29 bits per heavy atom. The van der Waals surface area contributed by atoms with Crippen LogP contribution in [0.4, 0.5) is 13.2 Å². The van der Waals surface area contributed by atoms with E-state index < -0.39 is 17.6 Å². The average Bonchev–Trinajstić information content (AvgIpc) is 3.20. The molecule has 5 aromatic rings. The second kappa shape index (κ2) is 9.80. The maximum atomic E-state index is 13.3. The lowest BCUT2D eigenvalue weighted by atomic mass is 9.95. The Labute approximate surface area is 220 Å². The van der Waals surface area contributed by atoms with Gasteiger partial charge in [-0.25, -0.2) is 18.9 Å². The van der Waals surface area contributed by atoms with Crippen molar-refractivity contribution in [3.05, 3.63) is 111 Å². The smallest absolute Gasteiger partial charge is 0.250 e. The van der Waals surface area contributed by atoms with Gasteiger partial charge in [0.2, 0.25) is 0 Å². The second-order valence-electron chi connectivity index (χ2n) is 8.72. The van der Waals surface area contributed by atoms with Gasteiger partial charge in [-0.05, 0) is 59.0 Å². The first kappa shape index (κ1) is 25.2. The normalized spacial score (nSPS) is 11.6. The van der Waals surface area contributed by atoms with E-state index in [1.807, 2.05) is 42.5 Å². The zero-order chi connectivity index (χ0) is 27.0. The fraction of sp³-hybridized carbons (Fsp3) is 0.143. The van der Waals surface area contributed by atoms with Crippen molar-refractivity contribution in [3.63, 3.8) is 0 Å². The summed E-state index contributed by atoms with van der Waals surface area (Å²) in [5.74, 6) is 0. The summed E-state index contributed by atoms with van der Waals surface area (Å²) in [6.07, 6.45) is -2.67. The fourth-order valence-corrected chi connectivity index (χ4v) is 4.42. The molecule has 6 nitrogen and oxygen atoms in total. The molecule has 2 aromatic carbocycles. The number of halogens is 4. The molecule has 0 spiro atoms. The molecule has 3 heterocycles. The van der Waals surface area contributed by atoms with Gasteiger partial charge in [0, 0.05) is 22.5 Å². The van der Waals surface area contributed by atoms with Crippen molar-refractivity contribution in [2.24, 2.45) is 0 Å². The lowest BCUT2D eigenvalue weighted by Crippen LogP contribution is -2.22. The standard InChI is InChI=1S/C28H19ClF3N5O/c1-17-21(8-11-24(34-17)28(30,31)32)16-37-27(38)36-15-13-23(19-6-9-22(29)10-7-19)25(26(36)35-37)20-4-2-18(3-5-20)12-14-33/h2-11,13,15H,12,16H2,1H3. The molecule has 0 saturated carbocycles. The van der Waals surface area contributed by atoms with Gasteiger partial charge in [-0.2, -0.15) is 18.4 Å². The number of pyridine rings is 2. The van der Waals surface area contributed by atoms with E-state index >= 15 is 0 Å². The third-order valence-corrected chi connectivity index (χ3v) is 6.49. The molecule has 0 aliphatic rings. The van der Waals surface area contributed by atoms with Gasteiger partial charge in [-0.1, -0.05) is 54.1 Å². The number of nitrogens with zero attached hydrogens (tertiary/aromatic N) is 5. The molecule has 38 heavy (non-hydrogen) atoms. The zero-order valence-corrected chi connectivity index (χ0v) is 20.8. The van der Waals surface area contributed by atoms with Gasteiger partial charge in [0.1, 0.15) is 5.69 Å². The highest BCUT2D eigenvalue weighted by atomic mass is 35.5. The molecule has 0 saturated heterocycles. The van der Waals surface area contributed by atoms with Gasteiger partial charge in [-0.15, -0.1) is 5.10 Å². The van der Waals surface area contributed by atoms with Crippen molar-refractivity contribution in [2.45, 2.75) is 26.1 Å². The third-order valence-electron chi connectivity index (χ3n) is 6.24. The molecule has 0 aliphatic heterocycles. The molecular weight excluding hydrogens is 515 g/mol. The van der Waals surface area contributed by atoms with Crippen LogP contribution < -0.4 is 5.69 Å². The summed E-state index contributed by atoms with van der Waals surface area (Å²) in [6, 6.07) is 20.9. The SMILES string of the molecule is Cc1nc(C(F)(F)F)ccc1Cn1nc2c(-c3ccc(CC#N)cc3)c(-c3ccc(Cl)cc3)ccn2c1=O. The lowest BCUT2D eigenvalue weighted by Gasteiger charge is -2.12. The molecule has 0 aliphatic carbocycles. The predicted octanol–water partition coefficient (Wildman–Crippen LogP) is 6.32. The summed E-state index contributed by atoms with van der Waals surface area (Å²) >= 11 is 6.09. The van der Waals surface area contributed by atoms with Gasteiger partial charge >= 0.3 is 11.9 Å². The van der Waals surface area contributed by atoms with Crippen molar-refractivity contribution >= 4 is 17.2 Å². The van der Waals surface area contributed by atoms with Crippen molar-refractivity contribution in [1.82, 2.24) is 19.2 Å². The van der Waals surface area contributed by atoms with Crippen LogP contribution in [-0.4, -0.2) is 19.2 Å². The molecule has 0 fully saturated rings. The number of fused-ring (bicyclic) bond motifs is 1. The Bertz CT molecular complexity index is 1750. The quantitative estimate of drug-likeness (QED) is 0.265. The molecule has 190 valence electrons. The molecule has 10 heteroatoms. The Kier molecular flexibility index (Phi) is 6.51. The number of benzene rings is 2. The molecule has 0 amide bonds. The largest absolute Gasteiger partial charge is 0.433 e. The molecule has 5 rings (SSSR count). The Balaban J connectivity index is 1.67. The molecule has 0 radical (unpaired) electrons. The highest BCUT2D eigenvalue weighted by molar-refractivity contribution is 6.30. The summed E-state index contributed by atoms with van der Waals surface area (Å²) in [6.45, 7) is 1.42. The Morgan fingerprint density at radius 2 is 1.66 bits per heavy atom. The van der Waals surface area contributed by atoms with Gasteiger partial charge in [0.25, 0.3) is 0 Å². The minimum atomic E-state index is -4.56. The van der Waals surface area contributed by atoms with Crippen LogP contribution in [0.3, 0.4) is 0 Å². The van der Waals surface area contributed by atoms with Gasteiger partial charge in [0.05, 0.1) is 19.0 Å². The van der Waals surface area contributed by atoms with E-state index in [1.165, 1.54) is 22.1 Å².